The number of nitrogens with one attached hydrogen (secondary N) is 1. The average Bonchev–Trinajstić information content (AvgIpc) is 2.55. The summed E-state index contributed by atoms with van der Waals surface area (Å²) in [7, 11) is 5.37. The molecule has 0 saturated heterocycles. The molecule has 0 aliphatic heterocycles. The largest absolute Gasteiger partial charge is 0.497 e. The van der Waals surface area contributed by atoms with E-state index in [0.29, 0.717) is 6.07 Å². The number of carbonyl (C=O) groups excluding carboxylic acids is 1. The SMILES string of the molecule is COc1ccc(C(CNC(=O)c2ccc(F)cc2F)N(C)C)cc1. The standard InChI is InChI=1S/C18H20F2N2O2/c1-22(2)17(12-4-7-14(24-3)8-5-12)11-21-18(23)15-9-6-13(19)10-16(15)20/h4-10,17H,11H2,1-3H3,(H,21,23). The van der Waals surface area contributed by atoms with E-state index in [0.717, 1.165) is 23.4 Å². The van der Waals surface area contributed by atoms with Crippen molar-refractivity contribution in [2.75, 3.05) is 27.7 Å². The van der Waals surface area contributed by atoms with Crippen LogP contribution in [0.1, 0.15) is 22.0 Å². The van der Waals surface area contributed by atoms with Crippen LogP contribution in [0.15, 0.2) is 42.5 Å². The number of rotatable bonds is 6. The number of halogens is 2. The Bertz CT molecular complexity index is 703. The van der Waals surface area contributed by atoms with Gasteiger partial charge < -0.3 is 15.0 Å². The van der Waals surface area contributed by atoms with Crippen LogP contribution in [0.5, 0.6) is 5.75 Å². The van der Waals surface area contributed by atoms with Gasteiger partial charge in [-0.15, -0.1) is 0 Å². The second kappa shape index (κ2) is 7.88. The molecule has 0 aliphatic rings. The Hall–Kier alpha value is -2.47. The monoisotopic (exact) mass is 334 g/mol. The van der Waals surface area contributed by atoms with Gasteiger partial charge in [-0.2, -0.15) is 0 Å². The summed E-state index contributed by atoms with van der Waals surface area (Å²) < 4.78 is 31.7. The van der Waals surface area contributed by atoms with Gasteiger partial charge >= 0.3 is 0 Å². The molecule has 1 N–H and O–H groups in total. The lowest BCUT2D eigenvalue weighted by atomic mass is 10.1. The predicted octanol–water partition coefficient (Wildman–Crippen LogP) is 3.01. The zero-order valence-electron chi connectivity index (χ0n) is 13.8. The summed E-state index contributed by atoms with van der Waals surface area (Å²) in [5.41, 5.74) is 0.810. The van der Waals surface area contributed by atoms with Gasteiger partial charge in [0.05, 0.1) is 18.7 Å². The summed E-state index contributed by atoms with van der Waals surface area (Å²) in [4.78, 5) is 14.1. The van der Waals surface area contributed by atoms with Crippen molar-refractivity contribution < 1.29 is 18.3 Å². The minimum atomic E-state index is -0.877. The molecule has 2 rings (SSSR count). The zero-order chi connectivity index (χ0) is 17.7. The number of ether oxygens (including phenoxy) is 1. The van der Waals surface area contributed by atoms with Crippen LogP contribution in [0.3, 0.4) is 0 Å². The van der Waals surface area contributed by atoms with Crippen molar-refractivity contribution in [1.82, 2.24) is 10.2 Å². The van der Waals surface area contributed by atoms with Crippen molar-refractivity contribution in [3.63, 3.8) is 0 Å². The summed E-state index contributed by atoms with van der Waals surface area (Å²) in [6, 6.07) is 10.3. The molecule has 2 aromatic carbocycles. The van der Waals surface area contributed by atoms with Crippen LogP contribution in [0.2, 0.25) is 0 Å². The first kappa shape index (κ1) is 17.9. The first-order chi connectivity index (χ1) is 11.4. The highest BCUT2D eigenvalue weighted by atomic mass is 19.1. The highest BCUT2D eigenvalue weighted by molar-refractivity contribution is 5.94. The fourth-order valence-electron chi connectivity index (χ4n) is 2.38. The van der Waals surface area contributed by atoms with Gasteiger partial charge in [-0.25, -0.2) is 8.78 Å². The summed E-state index contributed by atoms with van der Waals surface area (Å²) in [5, 5.41) is 2.69. The zero-order valence-corrected chi connectivity index (χ0v) is 13.8. The second-order valence-electron chi connectivity index (χ2n) is 5.59. The van der Waals surface area contributed by atoms with Gasteiger partial charge in [-0.3, -0.25) is 4.79 Å². The number of benzene rings is 2. The highest BCUT2D eigenvalue weighted by Gasteiger charge is 2.18. The number of likely N-dealkylation sites (N-methyl/N-ethyl adjacent to an activating group) is 1. The van der Waals surface area contributed by atoms with E-state index in [4.69, 9.17) is 4.74 Å². The summed E-state index contributed by atoms with van der Waals surface area (Å²) in [6.45, 7) is 0.287. The van der Waals surface area contributed by atoms with E-state index in [-0.39, 0.29) is 18.2 Å². The van der Waals surface area contributed by atoms with Gasteiger partial charge in [0.1, 0.15) is 17.4 Å². The minimum absolute atomic E-state index is 0.0941. The van der Waals surface area contributed by atoms with Crippen molar-refractivity contribution in [3.8, 4) is 5.75 Å². The fourth-order valence-corrected chi connectivity index (χ4v) is 2.38. The Morgan fingerprint density at radius 2 is 1.83 bits per heavy atom. The van der Waals surface area contributed by atoms with E-state index < -0.39 is 17.5 Å². The molecule has 0 spiro atoms. The van der Waals surface area contributed by atoms with Crippen molar-refractivity contribution >= 4 is 5.91 Å². The third-order valence-electron chi connectivity index (χ3n) is 3.76. The highest BCUT2D eigenvalue weighted by Crippen LogP contribution is 2.21. The summed E-state index contributed by atoms with van der Waals surface area (Å²) >= 11 is 0. The molecular weight excluding hydrogens is 314 g/mol. The van der Waals surface area contributed by atoms with Crippen LogP contribution in [0.25, 0.3) is 0 Å². The minimum Gasteiger partial charge on any atom is -0.497 e. The van der Waals surface area contributed by atoms with E-state index in [2.05, 4.69) is 5.32 Å². The molecule has 0 heterocycles. The number of methoxy groups -OCH3 is 1. The Kier molecular flexibility index (Phi) is 5.87. The molecule has 24 heavy (non-hydrogen) atoms. The molecule has 6 heteroatoms. The lowest BCUT2D eigenvalue weighted by Crippen LogP contribution is -2.34. The van der Waals surface area contributed by atoms with Crippen LogP contribution in [-0.2, 0) is 0 Å². The van der Waals surface area contributed by atoms with E-state index in [1.54, 1.807) is 7.11 Å². The molecule has 2 aromatic rings. The Morgan fingerprint density at radius 1 is 1.17 bits per heavy atom. The maximum absolute atomic E-state index is 13.7. The smallest absolute Gasteiger partial charge is 0.254 e. The Labute approximate surface area is 140 Å². The van der Waals surface area contributed by atoms with E-state index in [1.807, 2.05) is 43.3 Å². The third kappa shape index (κ3) is 4.29. The maximum atomic E-state index is 13.7. The third-order valence-corrected chi connectivity index (χ3v) is 3.76. The maximum Gasteiger partial charge on any atom is 0.254 e. The first-order valence-electron chi connectivity index (χ1n) is 7.46. The molecular formula is C18H20F2N2O2. The predicted molar refractivity (Wildman–Crippen MR) is 88.1 cm³/mol. The average molecular weight is 334 g/mol. The van der Waals surface area contributed by atoms with Crippen LogP contribution in [-0.4, -0.2) is 38.6 Å². The van der Waals surface area contributed by atoms with Crippen LogP contribution >= 0.6 is 0 Å². The van der Waals surface area contributed by atoms with Gasteiger partial charge in [0.2, 0.25) is 0 Å². The first-order valence-corrected chi connectivity index (χ1v) is 7.46. The van der Waals surface area contributed by atoms with E-state index >= 15 is 0 Å². The Morgan fingerprint density at radius 3 is 2.38 bits per heavy atom. The van der Waals surface area contributed by atoms with Crippen molar-refractivity contribution in [3.05, 3.63) is 65.2 Å². The molecule has 0 radical (unpaired) electrons. The lowest BCUT2D eigenvalue weighted by Gasteiger charge is -2.25. The van der Waals surface area contributed by atoms with E-state index in [9.17, 15) is 13.6 Å². The molecule has 128 valence electrons. The molecule has 1 unspecified atom stereocenters. The van der Waals surface area contributed by atoms with E-state index in [1.165, 1.54) is 0 Å². The molecule has 0 aliphatic carbocycles. The van der Waals surface area contributed by atoms with Crippen LogP contribution in [0.4, 0.5) is 8.78 Å². The van der Waals surface area contributed by atoms with Crippen molar-refractivity contribution in [2.24, 2.45) is 0 Å². The molecule has 4 nitrogen and oxygen atoms in total. The van der Waals surface area contributed by atoms with Gasteiger partial charge in [0.15, 0.2) is 0 Å². The Balaban J connectivity index is 2.09. The quantitative estimate of drug-likeness (QED) is 0.883. The summed E-state index contributed by atoms with van der Waals surface area (Å²) in [5.74, 6) is -1.42. The topological polar surface area (TPSA) is 41.6 Å². The van der Waals surface area contributed by atoms with Crippen LogP contribution in [0, 0.1) is 11.6 Å². The van der Waals surface area contributed by atoms with Crippen molar-refractivity contribution in [1.29, 1.82) is 0 Å². The van der Waals surface area contributed by atoms with Crippen LogP contribution < -0.4 is 10.1 Å². The fraction of sp³-hybridized carbons (Fsp3) is 0.278. The van der Waals surface area contributed by atoms with Gasteiger partial charge in [0, 0.05) is 12.6 Å². The lowest BCUT2D eigenvalue weighted by molar-refractivity contribution is 0.0938. The summed E-state index contributed by atoms with van der Waals surface area (Å²) in [6.07, 6.45) is 0. The molecule has 0 fully saturated rings. The molecule has 0 saturated carbocycles. The van der Waals surface area contributed by atoms with Crippen molar-refractivity contribution in [2.45, 2.75) is 6.04 Å². The second-order valence-corrected chi connectivity index (χ2v) is 5.59. The van der Waals surface area contributed by atoms with Gasteiger partial charge in [0.25, 0.3) is 5.91 Å². The normalized spacial score (nSPS) is 12.1. The molecule has 0 bridgehead atoms. The molecule has 1 atom stereocenters. The molecule has 1 amide bonds. The number of hydrogen-bond donors (Lipinski definition) is 1. The number of hydrogen-bond acceptors (Lipinski definition) is 3. The van der Waals surface area contributed by atoms with Gasteiger partial charge in [-0.1, -0.05) is 12.1 Å². The number of carbonyl (C=O) groups is 1. The molecule has 0 aromatic heterocycles. The number of nitrogens with zero attached hydrogens (tertiary/aromatic N) is 1. The number of amides is 1. The van der Waals surface area contributed by atoms with Gasteiger partial charge in [-0.05, 0) is 43.9 Å².